The molecule has 2 aliphatic carbocycles. The van der Waals surface area contributed by atoms with Crippen LogP contribution in [0.1, 0.15) is 22.3 Å². The van der Waals surface area contributed by atoms with Gasteiger partial charge in [-0.15, -0.1) is 0 Å². The first kappa shape index (κ1) is 25.9. The number of nitrogens with zero attached hydrogens (tertiary/aromatic N) is 4. The van der Waals surface area contributed by atoms with Crippen molar-refractivity contribution < 1.29 is 8.83 Å². The predicted octanol–water partition coefficient (Wildman–Crippen LogP) is 9.46. The van der Waals surface area contributed by atoms with Crippen molar-refractivity contribution in [1.82, 2.24) is 19.9 Å². The molecule has 0 saturated carbocycles. The van der Waals surface area contributed by atoms with Crippen molar-refractivity contribution in [3.05, 3.63) is 169 Å². The third kappa shape index (κ3) is 3.66. The van der Waals surface area contributed by atoms with E-state index in [9.17, 15) is 0 Å². The Kier molecular flexibility index (Phi) is 5.40. The van der Waals surface area contributed by atoms with Crippen molar-refractivity contribution >= 4 is 0 Å². The van der Waals surface area contributed by atoms with Gasteiger partial charge in [-0.2, -0.15) is 0 Å². The molecule has 0 atom stereocenters. The van der Waals surface area contributed by atoms with Gasteiger partial charge in [-0.05, 0) is 79.9 Å². The molecule has 0 radical (unpaired) electrons. The maximum Gasteiger partial charge on any atom is 0.181 e. The molecule has 10 rings (SSSR count). The summed E-state index contributed by atoms with van der Waals surface area (Å²) < 4.78 is 10.9. The van der Waals surface area contributed by atoms with Crippen molar-refractivity contribution in [1.29, 1.82) is 0 Å². The van der Waals surface area contributed by atoms with Crippen LogP contribution in [0, 0.1) is 0 Å². The summed E-state index contributed by atoms with van der Waals surface area (Å²) in [6.07, 6.45) is 10.0. The van der Waals surface area contributed by atoms with Gasteiger partial charge >= 0.3 is 0 Å². The summed E-state index contributed by atoms with van der Waals surface area (Å²) in [5.41, 5.74) is 15.5. The van der Waals surface area contributed by atoms with Crippen LogP contribution in [0.15, 0.2) is 156 Å². The van der Waals surface area contributed by atoms with Gasteiger partial charge in [0.2, 0.25) is 0 Å². The fraction of sp³-hybridized carbons (Fsp3) is 0.0244. The highest BCUT2D eigenvalue weighted by atomic mass is 16.3. The Morgan fingerprint density at radius 1 is 0.404 bits per heavy atom. The van der Waals surface area contributed by atoms with Gasteiger partial charge < -0.3 is 8.83 Å². The SMILES string of the molecule is c1ccc2c(c1)-c1ccccc1C21c2cc(-c3ccc(-c4cnco4)nc3)ccc2-c2ccc(-c3ccc(-c4cnco4)nc3)cc21. The van der Waals surface area contributed by atoms with Gasteiger partial charge in [0, 0.05) is 23.5 Å². The number of fused-ring (bicyclic) bond motifs is 10. The Balaban J connectivity index is 1.18. The maximum absolute atomic E-state index is 5.47. The summed E-state index contributed by atoms with van der Waals surface area (Å²) in [5.74, 6) is 1.30. The molecule has 4 heterocycles. The fourth-order valence-corrected chi connectivity index (χ4v) is 7.60. The van der Waals surface area contributed by atoms with E-state index in [1.165, 1.54) is 57.3 Å². The smallest absolute Gasteiger partial charge is 0.181 e. The summed E-state index contributed by atoms with van der Waals surface area (Å²) in [5, 5.41) is 0. The summed E-state index contributed by atoms with van der Waals surface area (Å²) in [6, 6.07) is 39.6. The molecule has 4 aromatic carbocycles. The quantitative estimate of drug-likeness (QED) is 0.199. The molecule has 2 aliphatic rings. The Labute approximate surface area is 270 Å². The van der Waals surface area contributed by atoms with Crippen LogP contribution in [0.25, 0.3) is 67.4 Å². The average molecular weight is 605 g/mol. The highest BCUT2D eigenvalue weighted by molar-refractivity contribution is 5.96. The Morgan fingerprint density at radius 2 is 0.851 bits per heavy atom. The summed E-state index contributed by atoms with van der Waals surface area (Å²) in [7, 11) is 0. The van der Waals surface area contributed by atoms with Crippen LogP contribution in [-0.2, 0) is 5.41 Å². The lowest BCUT2D eigenvalue weighted by Gasteiger charge is -2.31. The molecule has 6 heteroatoms. The summed E-state index contributed by atoms with van der Waals surface area (Å²) in [4.78, 5) is 17.5. The van der Waals surface area contributed by atoms with E-state index in [-0.39, 0.29) is 0 Å². The molecule has 0 fully saturated rings. The van der Waals surface area contributed by atoms with Gasteiger partial charge in [-0.1, -0.05) is 84.9 Å². The van der Waals surface area contributed by atoms with Crippen molar-refractivity contribution in [2.75, 3.05) is 0 Å². The third-order valence-electron chi connectivity index (χ3n) is 9.65. The van der Waals surface area contributed by atoms with Gasteiger partial charge in [0.1, 0.15) is 11.4 Å². The average Bonchev–Trinajstić information content (AvgIpc) is 3.96. The molecule has 1 spiro atoms. The van der Waals surface area contributed by atoms with E-state index in [1.54, 1.807) is 12.4 Å². The van der Waals surface area contributed by atoms with E-state index in [4.69, 9.17) is 18.8 Å². The molecule has 6 nitrogen and oxygen atoms in total. The van der Waals surface area contributed by atoms with Gasteiger partial charge in [0.15, 0.2) is 24.3 Å². The lowest BCUT2D eigenvalue weighted by Crippen LogP contribution is -2.26. The van der Waals surface area contributed by atoms with E-state index in [0.29, 0.717) is 11.5 Å². The summed E-state index contributed by atoms with van der Waals surface area (Å²) >= 11 is 0. The Bertz CT molecular complexity index is 2270. The molecule has 8 aromatic rings. The summed E-state index contributed by atoms with van der Waals surface area (Å²) in [6.45, 7) is 0. The molecule has 0 amide bonds. The highest BCUT2D eigenvalue weighted by Crippen LogP contribution is 2.63. The molecule has 0 bridgehead atoms. The number of oxazole rings is 2. The number of benzene rings is 4. The highest BCUT2D eigenvalue weighted by Gasteiger charge is 2.51. The zero-order valence-corrected chi connectivity index (χ0v) is 25.0. The Morgan fingerprint density at radius 3 is 1.28 bits per heavy atom. The van der Waals surface area contributed by atoms with Crippen LogP contribution in [0.3, 0.4) is 0 Å². The minimum Gasteiger partial charge on any atom is -0.442 e. The van der Waals surface area contributed by atoms with E-state index in [0.717, 1.165) is 33.6 Å². The predicted molar refractivity (Wildman–Crippen MR) is 180 cm³/mol. The van der Waals surface area contributed by atoms with Crippen LogP contribution in [0.2, 0.25) is 0 Å². The van der Waals surface area contributed by atoms with E-state index < -0.39 is 5.41 Å². The van der Waals surface area contributed by atoms with Crippen molar-refractivity contribution in [2.24, 2.45) is 0 Å². The first-order chi connectivity index (χ1) is 23.3. The van der Waals surface area contributed by atoms with E-state index in [1.807, 2.05) is 24.5 Å². The van der Waals surface area contributed by atoms with Crippen molar-refractivity contribution in [3.63, 3.8) is 0 Å². The van der Waals surface area contributed by atoms with Crippen molar-refractivity contribution in [3.8, 4) is 67.4 Å². The molecular weight excluding hydrogens is 580 g/mol. The molecule has 47 heavy (non-hydrogen) atoms. The first-order valence-corrected chi connectivity index (χ1v) is 15.5. The second-order valence-corrected chi connectivity index (χ2v) is 12.0. The van der Waals surface area contributed by atoms with Gasteiger partial charge in [0.05, 0.1) is 17.8 Å². The second-order valence-electron chi connectivity index (χ2n) is 12.0. The molecule has 0 unspecified atom stereocenters. The number of rotatable bonds is 4. The van der Waals surface area contributed by atoms with Crippen LogP contribution in [0.5, 0.6) is 0 Å². The molecule has 0 aliphatic heterocycles. The zero-order chi connectivity index (χ0) is 31.0. The number of pyridine rings is 2. The van der Waals surface area contributed by atoms with Gasteiger partial charge in [-0.3, -0.25) is 9.97 Å². The fourth-order valence-electron chi connectivity index (χ4n) is 7.60. The molecular formula is C41H24N4O2. The maximum atomic E-state index is 5.47. The minimum absolute atomic E-state index is 0.482. The van der Waals surface area contributed by atoms with Gasteiger partial charge in [0.25, 0.3) is 0 Å². The first-order valence-electron chi connectivity index (χ1n) is 15.5. The largest absolute Gasteiger partial charge is 0.442 e. The van der Waals surface area contributed by atoms with E-state index >= 15 is 0 Å². The molecule has 0 saturated heterocycles. The number of hydrogen-bond acceptors (Lipinski definition) is 6. The van der Waals surface area contributed by atoms with Crippen molar-refractivity contribution in [2.45, 2.75) is 5.41 Å². The lowest BCUT2D eigenvalue weighted by atomic mass is 9.70. The van der Waals surface area contributed by atoms with Crippen LogP contribution in [-0.4, -0.2) is 19.9 Å². The molecule has 220 valence electrons. The lowest BCUT2D eigenvalue weighted by molar-refractivity contribution is 0.569. The normalized spacial score (nSPS) is 13.3. The van der Waals surface area contributed by atoms with E-state index in [2.05, 4.69) is 107 Å². The van der Waals surface area contributed by atoms with Crippen LogP contribution >= 0.6 is 0 Å². The third-order valence-corrected chi connectivity index (χ3v) is 9.65. The monoisotopic (exact) mass is 604 g/mol. The zero-order valence-electron chi connectivity index (χ0n) is 25.0. The standard InChI is InChI=1S/C41H24N4O2/c1-3-7-33-29(5-1)30-6-2-4-8-34(30)41(33)35-17-25(27-11-15-37(44-19-27)39-21-42-23-46-39)9-13-31(35)32-14-10-26(18-36(32)41)28-12-16-38(45-20-28)40-22-43-24-47-40/h1-24H. The Hall–Kier alpha value is -6.40. The molecule has 0 N–H and O–H groups in total. The van der Waals surface area contributed by atoms with Gasteiger partial charge in [-0.25, -0.2) is 9.97 Å². The molecule has 4 aromatic heterocycles. The number of hydrogen-bond donors (Lipinski definition) is 0. The number of aromatic nitrogens is 4. The topological polar surface area (TPSA) is 77.8 Å². The van der Waals surface area contributed by atoms with Crippen LogP contribution < -0.4 is 0 Å². The second kappa shape index (κ2) is 9.80. The minimum atomic E-state index is -0.482. The van der Waals surface area contributed by atoms with Crippen LogP contribution in [0.4, 0.5) is 0 Å².